The number of hydrogen-bond donors (Lipinski definition) is 1. The molecule has 0 aliphatic carbocycles. The van der Waals surface area contributed by atoms with Gasteiger partial charge in [-0.2, -0.15) is 18.3 Å². The molecule has 0 aliphatic rings. The lowest BCUT2D eigenvalue weighted by Gasteiger charge is -2.19. The Morgan fingerprint density at radius 3 is 2.69 bits per heavy atom. The van der Waals surface area contributed by atoms with Gasteiger partial charge in [0.05, 0.1) is 16.5 Å². The summed E-state index contributed by atoms with van der Waals surface area (Å²) in [6, 6.07) is 4.28. The summed E-state index contributed by atoms with van der Waals surface area (Å²) in [4.78, 5) is 21.9. The Bertz CT molecular complexity index is 789. The maximum atomic E-state index is 13.0. The standard InChI is InChI=1S/C16H17F3N4O3/c1-11(13-5-2-3-6-14(13)16(17,18)19)21-15(24)7-4-8-22-10-12(9-20-22)23(25)26/h2-3,5-6,9-11H,4,7-8H2,1H3,(H,21,24). The minimum Gasteiger partial charge on any atom is -0.350 e. The van der Waals surface area contributed by atoms with Crippen LogP contribution in [0.1, 0.15) is 36.9 Å². The Labute approximate surface area is 147 Å². The Morgan fingerprint density at radius 1 is 1.38 bits per heavy atom. The van der Waals surface area contributed by atoms with Gasteiger partial charge in [0.25, 0.3) is 0 Å². The molecule has 1 unspecified atom stereocenters. The number of carbonyl (C=O) groups is 1. The van der Waals surface area contributed by atoms with E-state index in [9.17, 15) is 28.1 Å². The van der Waals surface area contributed by atoms with Gasteiger partial charge in [-0.3, -0.25) is 19.6 Å². The maximum absolute atomic E-state index is 13.0. The van der Waals surface area contributed by atoms with Crippen molar-refractivity contribution in [2.24, 2.45) is 0 Å². The molecule has 0 saturated carbocycles. The average Bonchev–Trinajstić information content (AvgIpc) is 3.03. The van der Waals surface area contributed by atoms with E-state index in [1.165, 1.54) is 36.0 Å². The van der Waals surface area contributed by atoms with Crippen molar-refractivity contribution in [2.75, 3.05) is 0 Å². The van der Waals surface area contributed by atoms with Crippen molar-refractivity contribution in [2.45, 2.75) is 38.5 Å². The number of halogens is 3. The third-order valence-corrected chi connectivity index (χ3v) is 3.73. The third-order valence-electron chi connectivity index (χ3n) is 3.73. The van der Waals surface area contributed by atoms with Crippen LogP contribution in [0.25, 0.3) is 0 Å². The number of hydrogen-bond acceptors (Lipinski definition) is 4. The van der Waals surface area contributed by atoms with Gasteiger partial charge in [-0.05, 0) is 25.0 Å². The van der Waals surface area contributed by atoms with Gasteiger partial charge in [-0.15, -0.1) is 0 Å². The zero-order chi connectivity index (χ0) is 19.3. The highest BCUT2D eigenvalue weighted by Gasteiger charge is 2.34. The van der Waals surface area contributed by atoms with Gasteiger partial charge in [0.2, 0.25) is 5.91 Å². The predicted molar refractivity (Wildman–Crippen MR) is 86.1 cm³/mol. The molecule has 0 saturated heterocycles. The van der Waals surface area contributed by atoms with Crippen molar-refractivity contribution in [1.29, 1.82) is 0 Å². The summed E-state index contributed by atoms with van der Waals surface area (Å²) in [5.41, 5.74) is -0.931. The quantitative estimate of drug-likeness (QED) is 0.597. The van der Waals surface area contributed by atoms with Crippen molar-refractivity contribution in [3.8, 4) is 0 Å². The van der Waals surface area contributed by atoms with Crippen LogP contribution in [0.3, 0.4) is 0 Å². The first-order valence-corrected chi connectivity index (χ1v) is 7.81. The highest BCUT2D eigenvalue weighted by atomic mass is 19.4. The minimum atomic E-state index is -4.50. The Morgan fingerprint density at radius 2 is 2.08 bits per heavy atom. The van der Waals surface area contributed by atoms with E-state index in [1.807, 2.05) is 0 Å². The Hall–Kier alpha value is -2.91. The highest BCUT2D eigenvalue weighted by molar-refractivity contribution is 5.76. The smallest absolute Gasteiger partial charge is 0.350 e. The second kappa shape index (κ2) is 7.98. The van der Waals surface area contributed by atoms with E-state index in [0.717, 1.165) is 12.3 Å². The number of benzene rings is 1. The number of aryl methyl sites for hydroxylation is 1. The minimum absolute atomic E-state index is 0.00366. The summed E-state index contributed by atoms with van der Waals surface area (Å²) in [5, 5.41) is 16.9. The number of nitrogens with zero attached hydrogens (tertiary/aromatic N) is 3. The van der Waals surface area contributed by atoms with Gasteiger partial charge in [0.1, 0.15) is 12.4 Å². The number of rotatable bonds is 7. The molecule has 1 heterocycles. The molecule has 2 aromatic rings. The van der Waals surface area contributed by atoms with Crippen LogP contribution in [-0.4, -0.2) is 20.6 Å². The fourth-order valence-electron chi connectivity index (χ4n) is 2.49. The van der Waals surface area contributed by atoms with Crippen LogP contribution in [0.2, 0.25) is 0 Å². The van der Waals surface area contributed by atoms with E-state index in [4.69, 9.17) is 0 Å². The number of nitrogens with one attached hydrogen (secondary N) is 1. The van der Waals surface area contributed by atoms with Gasteiger partial charge >= 0.3 is 11.9 Å². The van der Waals surface area contributed by atoms with Crippen LogP contribution >= 0.6 is 0 Å². The molecule has 0 aliphatic heterocycles. The van der Waals surface area contributed by atoms with E-state index in [-0.39, 0.29) is 24.2 Å². The number of carbonyl (C=O) groups excluding carboxylic acids is 1. The highest BCUT2D eigenvalue weighted by Crippen LogP contribution is 2.34. The molecule has 1 amide bonds. The van der Waals surface area contributed by atoms with E-state index in [2.05, 4.69) is 10.4 Å². The molecule has 10 heteroatoms. The fraction of sp³-hybridized carbons (Fsp3) is 0.375. The fourth-order valence-corrected chi connectivity index (χ4v) is 2.49. The van der Waals surface area contributed by atoms with Crippen molar-refractivity contribution in [3.63, 3.8) is 0 Å². The molecule has 0 bridgehead atoms. The van der Waals surface area contributed by atoms with Crippen LogP contribution in [0.4, 0.5) is 18.9 Å². The van der Waals surface area contributed by atoms with Gasteiger partial charge < -0.3 is 5.32 Å². The van der Waals surface area contributed by atoms with Crippen molar-refractivity contribution < 1.29 is 22.9 Å². The van der Waals surface area contributed by atoms with Crippen molar-refractivity contribution >= 4 is 11.6 Å². The molecule has 7 nitrogen and oxygen atoms in total. The molecule has 2 rings (SSSR count). The number of nitro groups is 1. The van der Waals surface area contributed by atoms with E-state index in [0.29, 0.717) is 6.42 Å². The lowest BCUT2D eigenvalue weighted by atomic mass is 10.0. The molecule has 0 spiro atoms. The summed E-state index contributed by atoms with van der Waals surface area (Å²) in [5.74, 6) is -0.406. The molecule has 1 atom stereocenters. The summed E-state index contributed by atoms with van der Waals surface area (Å²) < 4.78 is 40.4. The molecule has 140 valence electrons. The zero-order valence-electron chi connectivity index (χ0n) is 13.9. The van der Waals surface area contributed by atoms with Gasteiger partial charge in [-0.1, -0.05) is 18.2 Å². The lowest BCUT2D eigenvalue weighted by molar-refractivity contribution is -0.385. The maximum Gasteiger partial charge on any atom is 0.416 e. The van der Waals surface area contributed by atoms with Crippen LogP contribution in [-0.2, 0) is 17.5 Å². The van der Waals surface area contributed by atoms with Crippen LogP contribution in [0, 0.1) is 10.1 Å². The van der Waals surface area contributed by atoms with Crippen LogP contribution in [0.5, 0.6) is 0 Å². The summed E-state index contributed by atoms with van der Waals surface area (Å²) in [6.45, 7) is 1.77. The number of aromatic nitrogens is 2. The monoisotopic (exact) mass is 370 g/mol. The topological polar surface area (TPSA) is 90.1 Å². The first kappa shape index (κ1) is 19.4. The first-order valence-electron chi connectivity index (χ1n) is 7.81. The molecule has 0 radical (unpaired) electrons. The number of amides is 1. The molecule has 1 aromatic carbocycles. The zero-order valence-corrected chi connectivity index (χ0v) is 13.9. The van der Waals surface area contributed by atoms with Crippen molar-refractivity contribution in [3.05, 3.63) is 57.9 Å². The van der Waals surface area contributed by atoms with Crippen LogP contribution in [0.15, 0.2) is 36.7 Å². The SMILES string of the molecule is CC(NC(=O)CCCn1cc([N+](=O)[O-])cn1)c1ccccc1C(F)(F)F. The van der Waals surface area contributed by atoms with E-state index in [1.54, 1.807) is 0 Å². The van der Waals surface area contributed by atoms with Gasteiger partial charge in [0.15, 0.2) is 0 Å². The van der Waals surface area contributed by atoms with E-state index < -0.39 is 28.6 Å². The Kier molecular flexibility index (Phi) is 5.96. The number of alkyl halides is 3. The summed E-state index contributed by atoms with van der Waals surface area (Å²) >= 11 is 0. The molecule has 1 N–H and O–H groups in total. The van der Waals surface area contributed by atoms with Crippen molar-refractivity contribution in [1.82, 2.24) is 15.1 Å². The third kappa shape index (κ3) is 5.04. The molecule has 0 fully saturated rings. The normalized spacial score (nSPS) is 12.6. The lowest BCUT2D eigenvalue weighted by Crippen LogP contribution is -2.28. The molecule has 1 aromatic heterocycles. The Balaban J connectivity index is 1.88. The second-order valence-electron chi connectivity index (χ2n) is 5.70. The predicted octanol–water partition coefficient (Wildman–Crippen LogP) is 3.47. The molecule has 26 heavy (non-hydrogen) atoms. The largest absolute Gasteiger partial charge is 0.416 e. The first-order chi connectivity index (χ1) is 12.2. The van der Waals surface area contributed by atoms with Gasteiger partial charge in [-0.25, -0.2) is 0 Å². The van der Waals surface area contributed by atoms with E-state index >= 15 is 0 Å². The molecular weight excluding hydrogens is 353 g/mol. The average molecular weight is 370 g/mol. The second-order valence-corrected chi connectivity index (χ2v) is 5.70. The summed E-state index contributed by atoms with van der Waals surface area (Å²) in [7, 11) is 0. The molecular formula is C16H17F3N4O3. The summed E-state index contributed by atoms with van der Waals surface area (Å²) in [6.07, 6.45) is -1.73. The van der Waals surface area contributed by atoms with Gasteiger partial charge in [0, 0.05) is 13.0 Å². The van der Waals surface area contributed by atoms with Crippen LogP contribution < -0.4 is 5.32 Å².